The largest absolute Gasteiger partial charge is 0.131 e. The third-order valence-corrected chi connectivity index (χ3v) is 7.18. The summed E-state index contributed by atoms with van der Waals surface area (Å²) in [7, 11) is 0. The van der Waals surface area contributed by atoms with Crippen LogP contribution in [0.1, 0.15) is 20.8 Å². The Hall–Kier alpha value is 0.650. The van der Waals surface area contributed by atoms with Gasteiger partial charge in [0.25, 0.3) is 0 Å². The molecule has 0 bridgehead atoms. The van der Waals surface area contributed by atoms with Crippen molar-refractivity contribution in [3.63, 3.8) is 0 Å². The van der Waals surface area contributed by atoms with E-state index < -0.39 is 0 Å². The van der Waals surface area contributed by atoms with Gasteiger partial charge in [-0.25, -0.2) is 0 Å². The molecule has 2 aromatic rings. The van der Waals surface area contributed by atoms with Crippen LogP contribution in [0.4, 0.5) is 0 Å². The molecule has 0 spiro atoms. The van der Waals surface area contributed by atoms with Crippen LogP contribution < -0.4 is 0 Å². The predicted octanol–water partition coefficient (Wildman–Crippen LogP) is 6.72. The third kappa shape index (κ3) is 2.98. The highest BCUT2D eigenvalue weighted by Gasteiger charge is 2.18. The summed E-state index contributed by atoms with van der Waals surface area (Å²) in [6.07, 6.45) is 0. The Balaban J connectivity index is 2.43. The number of alkyl halides is 1. The van der Waals surface area contributed by atoms with Crippen molar-refractivity contribution in [2.24, 2.45) is 0 Å². The summed E-state index contributed by atoms with van der Waals surface area (Å²) in [6, 6.07) is 8.15. The van der Waals surface area contributed by atoms with E-state index in [2.05, 4.69) is 60.8 Å². The number of benzene rings is 1. The minimum absolute atomic E-state index is 0.127. The van der Waals surface area contributed by atoms with Crippen LogP contribution in [-0.2, 0) is 0 Å². The van der Waals surface area contributed by atoms with Gasteiger partial charge in [-0.05, 0) is 62.0 Å². The Morgan fingerprint density at radius 1 is 1.29 bits per heavy atom. The van der Waals surface area contributed by atoms with Crippen LogP contribution in [-0.4, -0.2) is 0 Å². The van der Waals surface area contributed by atoms with Crippen LogP contribution in [0.3, 0.4) is 0 Å². The monoisotopic (exact) mass is 456 g/mol. The van der Waals surface area contributed by atoms with Crippen molar-refractivity contribution in [3.8, 4) is 0 Å². The molecule has 1 atom stereocenters. The van der Waals surface area contributed by atoms with Crippen LogP contribution >= 0.6 is 70.7 Å². The van der Waals surface area contributed by atoms with Crippen LogP contribution in [0.5, 0.6) is 0 Å². The van der Waals surface area contributed by atoms with E-state index in [9.17, 15) is 0 Å². The van der Waals surface area contributed by atoms with Crippen LogP contribution in [0.2, 0.25) is 5.02 Å². The standard InChI is InChI=1S/C12H8Br3ClS/c1-6-5-9(17-12(6)15)10(14)7-3-2-4-8(13)11(7)16/h2-5,10H,1H3. The second-order valence-corrected chi connectivity index (χ2v) is 8.16. The zero-order chi connectivity index (χ0) is 12.6. The molecular formula is C12H8Br3ClS. The van der Waals surface area contributed by atoms with Gasteiger partial charge in [0.2, 0.25) is 0 Å². The number of halogens is 4. The summed E-state index contributed by atoms with van der Waals surface area (Å²) in [5, 5.41) is 0.761. The molecule has 1 unspecified atom stereocenters. The molecule has 17 heavy (non-hydrogen) atoms. The van der Waals surface area contributed by atoms with E-state index in [1.54, 1.807) is 11.3 Å². The van der Waals surface area contributed by atoms with Gasteiger partial charge in [0.05, 0.1) is 13.6 Å². The molecule has 0 saturated heterocycles. The highest BCUT2D eigenvalue weighted by Crippen LogP contribution is 2.42. The van der Waals surface area contributed by atoms with Crippen molar-refractivity contribution in [2.45, 2.75) is 11.8 Å². The highest BCUT2D eigenvalue weighted by atomic mass is 79.9. The molecule has 1 heterocycles. The fraction of sp³-hybridized carbons (Fsp3) is 0.167. The van der Waals surface area contributed by atoms with Crippen LogP contribution in [0.15, 0.2) is 32.5 Å². The van der Waals surface area contributed by atoms with Gasteiger partial charge in [0, 0.05) is 9.35 Å². The van der Waals surface area contributed by atoms with E-state index >= 15 is 0 Å². The molecule has 0 nitrogen and oxygen atoms in total. The normalized spacial score (nSPS) is 12.8. The average Bonchev–Trinajstić information content (AvgIpc) is 2.62. The van der Waals surface area contributed by atoms with Crippen molar-refractivity contribution >= 4 is 70.7 Å². The van der Waals surface area contributed by atoms with Crippen molar-refractivity contribution in [1.29, 1.82) is 0 Å². The minimum atomic E-state index is 0.127. The van der Waals surface area contributed by atoms with Gasteiger partial charge in [-0.3, -0.25) is 0 Å². The summed E-state index contributed by atoms with van der Waals surface area (Å²) in [5.74, 6) is 0. The Morgan fingerprint density at radius 3 is 2.59 bits per heavy atom. The molecule has 0 N–H and O–H groups in total. The molecular weight excluding hydrogens is 451 g/mol. The maximum Gasteiger partial charge on any atom is 0.0753 e. The first-order valence-electron chi connectivity index (χ1n) is 4.84. The quantitative estimate of drug-likeness (QED) is 0.438. The van der Waals surface area contributed by atoms with E-state index in [0.717, 1.165) is 15.1 Å². The van der Waals surface area contributed by atoms with Crippen LogP contribution in [0.25, 0.3) is 0 Å². The first kappa shape index (κ1) is 14.1. The van der Waals surface area contributed by atoms with Crippen molar-refractivity contribution in [1.82, 2.24) is 0 Å². The van der Waals surface area contributed by atoms with E-state index in [4.69, 9.17) is 11.6 Å². The lowest BCUT2D eigenvalue weighted by molar-refractivity contribution is 1.21. The summed E-state index contributed by atoms with van der Waals surface area (Å²) in [4.78, 5) is 1.37. The fourth-order valence-electron chi connectivity index (χ4n) is 1.48. The number of hydrogen-bond acceptors (Lipinski definition) is 1. The Labute approximate surface area is 135 Å². The molecule has 2 rings (SSSR count). The molecule has 0 aliphatic rings. The van der Waals surface area contributed by atoms with Crippen molar-refractivity contribution < 1.29 is 0 Å². The second kappa shape index (κ2) is 5.74. The summed E-state index contributed by atoms with van der Waals surface area (Å²) >= 11 is 18.7. The minimum Gasteiger partial charge on any atom is -0.131 e. The first-order chi connectivity index (χ1) is 8.00. The molecule has 0 aliphatic heterocycles. The van der Waals surface area contributed by atoms with Crippen molar-refractivity contribution in [3.05, 3.63) is 53.6 Å². The molecule has 1 aromatic heterocycles. The average molecular weight is 459 g/mol. The smallest absolute Gasteiger partial charge is 0.0753 e. The lowest BCUT2D eigenvalue weighted by Crippen LogP contribution is -1.91. The molecule has 0 aliphatic carbocycles. The summed E-state index contributed by atoms with van der Waals surface area (Å²) in [5.41, 5.74) is 2.33. The number of aryl methyl sites for hydroxylation is 1. The van der Waals surface area contributed by atoms with E-state index in [-0.39, 0.29) is 4.83 Å². The Bertz CT molecular complexity index is 531. The van der Waals surface area contributed by atoms with E-state index in [1.165, 1.54) is 14.2 Å². The number of rotatable bonds is 2. The zero-order valence-electron chi connectivity index (χ0n) is 8.81. The first-order valence-corrected chi connectivity index (χ1v) is 8.54. The third-order valence-electron chi connectivity index (χ3n) is 2.38. The van der Waals surface area contributed by atoms with Gasteiger partial charge in [0.1, 0.15) is 0 Å². The van der Waals surface area contributed by atoms with Crippen molar-refractivity contribution in [2.75, 3.05) is 0 Å². The van der Waals surface area contributed by atoms with E-state index in [1.807, 2.05) is 18.2 Å². The topological polar surface area (TPSA) is 0 Å². The maximum atomic E-state index is 6.30. The summed E-state index contributed by atoms with van der Waals surface area (Å²) < 4.78 is 2.09. The fourth-order valence-corrected chi connectivity index (χ4v) is 4.59. The SMILES string of the molecule is Cc1cc(C(Br)c2cccc(Br)c2Cl)sc1Br. The molecule has 90 valence electrons. The van der Waals surface area contributed by atoms with Gasteiger partial charge in [0.15, 0.2) is 0 Å². The van der Waals surface area contributed by atoms with Gasteiger partial charge >= 0.3 is 0 Å². The highest BCUT2D eigenvalue weighted by molar-refractivity contribution is 9.11. The lowest BCUT2D eigenvalue weighted by Gasteiger charge is -2.11. The second-order valence-electron chi connectivity index (χ2n) is 3.61. The number of thiophene rings is 1. The molecule has 0 amide bonds. The molecule has 0 saturated carbocycles. The van der Waals surface area contributed by atoms with Gasteiger partial charge in [-0.1, -0.05) is 39.7 Å². The molecule has 0 radical (unpaired) electrons. The number of hydrogen-bond donors (Lipinski definition) is 0. The van der Waals surface area contributed by atoms with Gasteiger partial charge in [-0.2, -0.15) is 0 Å². The summed E-state index contributed by atoms with van der Waals surface area (Å²) in [6.45, 7) is 2.09. The molecule has 5 heteroatoms. The maximum absolute atomic E-state index is 6.30. The Morgan fingerprint density at radius 2 is 2.00 bits per heavy atom. The molecule has 1 aromatic carbocycles. The van der Waals surface area contributed by atoms with E-state index in [0.29, 0.717) is 0 Å². The Kier molecular flexibility index (Phi) is 4.75. The van der Waals surface area contributed by atoms with Gasteiger partial charge < -0.3 is 0 Å². The van der Waals surface area contributed by atoms with Gasteiger partial charge in [-0.15, -0.1) is 11.3 Å². The molecule has 0 fully saturated rings. The predicted molar refractivity (Wildman–Crippen MR) is 86.7 cm³/mol. The lowest BCUT2D eigenvalue weighted by atomic mass is 10.1. The zero-order valence-corrected chi connectivity index (χ0v) is 15.1. The van der Waals surface area contributed by atoms with Crippen LogP contribution in [0, 0.1) is 6.92 Å².